The Labute approximate surface area is 150 Å². The third kappa shape index (κ3) is 3.03. The second-order valence-electron chi connectivity index (χ2n) is 6.43. The first kappa shape index (κ1) is 16.3. The number of rotatable bonds is 3. The number of aromatic nitrogens is 3. The number of hydrogen-bond donors (Lipinski definition) is 0. The fourth-order valence-corrected chi connectivity index (χ4v) is 3.23. The van der Waals surface area contributed by atoms with E-state index in [0.29, 0.717) is 6.54 Å². The Hall–Kier alpha value is -3.22. The first-order chi connectivity index (χ1) is 12.6. The highest BCUT2D eigenvalue weighted by atomic mass is 16.2. The lowest BCUT2D eigenvalue weighted by Gasteiger charge is -2.39. The number of carbonyl (C=O) groups excluding carboxylic acids is 2. The van der Waals surface area contributed by atoms with Crippen molar-refractivity contribution in [2.24, 2.45) is 0 Å². The quantitative estimate of drug-likeness (QED) is 0.721. The number of benzene rings is 2. The topological polar surface area (TPSA) is 71.3 Å². The van der Waals surface area contributed by atoms with Crippen molar-refractivity contribution in [2.45, 2.75) is 19.5 Å². The van der Waals surface area contributed by atoms with Crippen LogP contribution < -0.4 is 4.90 Å². The Morgan fingerprint density at radius 3 is 2.31 bits per heavy atom. The monoisotopic (exact) mass is 349 g/mol. The van der Waals surface area contributed by atoms with Crippen LogP contribution in [0.1, 0.15) is 6.92 Å². The zero-order valence-electron chi connectivity index (χ0n) is 14.4. The van der Waals surface area contributed by atoms with Gasteiger partial charge in [-0.3, -0.25) is 9.59 Å². The SMILES string of the molecule is C[C@@H]1CN(c2ccccc2)C(=O)CN1C(=O)Cn1nc2ccccc2n1. The van der Waals surface area contributed by atoms with Gasteiger partial charge >= 0.3 is 0 Å². The van der Waals surface area contributed by atoms with Crippen LogP contribution in [0.15, 0.2) is 54.6 Å². The van der Waals surface area contributed by atoms with Gasteiger partial charge < -0.3 is 9.80 Å². The van der Waals surface area contributed by atoms with Crippen molar-refractivity contribution in [3.8, 4) is 0 Å². The minimum atomic E-state index is -0.154. The fourth-order valence-electron chi connectivity index (χ4n) is 3.23. The summed E-state index contributed by atoms with van der Waals surface area (Å²) < 4.78 is 0. The molecule has 0 bridgehead atoms. The normalized spacial score (nSPS) is 17.7. The molecular formula is C19H19N5O2. The molecule has 4 rings (SSSR count). The van der Waals surface area contributed by atoms with E-state index in [1.807, 2.05) is 61.5 Å². The second-order valence-corrected chi connectivity index (χ2v) is 6.43. The summed E-state index contributed by atoms with van der Waals surface area (Å²) in [6, 6.07) is 16.9. The van der Waals surface area contributed by atoms with Crippen LogP contribution in [0.3, 0.4) is 0 Å². The zero-order valence-corrected chi connectivity index (χ0v) is 14.4. The highest BCUT2D eigenvalue weighted by Gasteiger charge is 2.33. The summed E-state index contributed by atoms with van der Waals surface area (Å²) in [4.78, 5) is 30.0. The number of piperazine rings is 1. The van der Waals surface area contributed by atoms with Gasteiger partial charge in [0, 0.05) is 18.3 Å². The Morgan fingerprint density at radius 2 is 1.65 bits per heavy atom. The van der Waals surface area contributed by atoms with E-state index in [-0.39, 0.29) is 30.9 Å². The molecule has 7 heteroatoms. The summed E-state index contributed by atoms with van der Waals surface area (Å²) in [6.07, 6.45) is 0. The molecule has 26 heavy (non-hydrogen) atoms. The number of para-hydroxylation sites is 1. The van der Waals surface area contributed by atoms with Gasteiger partial charge in [-0.2, -0.15) is 15.0 Å². The second kappa shape index (κ2) is 6.59. The van der Waals surface area contributed by atoms with E-state index in [9.17, 15) is 9.59 Å². The molecule has 0 spiro atoms. The molecule has 1 atom stereocenters. The third-order valence-electron chi connectivity index (χ3n) is 4.58. The maximum absolute atomic E-state index is 12.7. The van der Waals surface area contributed by atoms with Crippen molar-refractivity contribution in [3.63, 3.8) is 0 Å². The molecule has 3 aromatic rings. The highest BCUT2D eigenvalue weighted by molar-refractivity contribution is 5.98. The van der Waals surface area contributed by atoms with Crippen molar-refractivity contribution >= 4 is 28.5 Å². The van der Waals surface area contributed by atoms with Gasteiger partial charge in [-0.1, -0.05) is 30.3 Å². The summed E-state index contributed by atoms with van der Waals surface area (Å²) in [5.74, 6) is -0.236. The van der Waals surface area contributed by atoms with Crippen LogP contribution in [0.25, 0.3) is 11.0 Å². The molecular weight excluding hydrogens is 330 g/mol. The smallest absolute Gasteiger partial charge is 0.246 e. The summed E-state index contributed by atoms with van der Waals surface area (Å²) in [5.41, 5.74) is 2.35. The molecule has 2 aromatic carbocycles. The van der Waals surface area contributed by atoms with E-state index in [4.69, 9.17) is 0 Å². The fraction of sp³-hybridized carbons (Fsp3) is 0.263. The first-order valence-electron chi connectivity index (χ1n) is 8.56. The maximum Gasteiger partial charge on any atom is 0.246 e. The van der Waals surface area contributed by atoms with Crippen molar-refractivity contribution in [1.82, 2.24) is 19.9 Å². The molecule has 0 radical (unpaired) electrons. The minimum Gasteiger partial charge on any atom is -0.327 e. The van der Waals surface area contributed by atoms with Gasteiger partial charge in [-0.25, -0.2) is 0 Å². The molecule has 7 nitrogen and oxygen atoms in total. The third-order valence-corrected chi connectivity index (χ3v) is 4.58. The van der Waals surface area contributed by atoms with E-state index in [2.05, 4.69) is 10.2 Å². The number of hydrogen-bond acceptors (Lipinski definition) is 4. The molecule has 0 unspecified atom stereocenters. The number of nitrogens with zero attached hydrogens (tertiary/aromatic N) is 5. The molecule has 1 aromatic heterocycles. The van der Waals surface area contributed by atoms with Crippen LogP contribution in [0.5, 0.6) is 0 Å². The number of anilines is 1. The molecule has 0 saturated carbocycles. The molecule has 0 aliphatic carbocycles. The average Bonchev–Trinajstić information content (AvgIpc) is 3.06. The van der Waals surface area contributed by atoms with Crippen molar-refractivity contribution in [2.75, 3.05) is 18.0 Å². The summed E-state index contributed by atoms with van der Waals surface area (Å²) in [5, 5.41) is 8.63. The molecule has 1 fully saturated rings. The van der Waals surface area contributed by atoms with Gasteiger partial charge in [0.15, 0.2) is 0 Å². The summed E-state index contributed by atoms with van der Waals surface area (Å²) in [7, 11) is 0. The molecule has 2 heterocycles. The molecule has 1 aliphatic rings. The van der Waals surface area contributed by atoms with Crippen LogP contribution in [-0.4, -0.2) is 50.8 Å². The highest BCUT2D eigenvalue weighted by Crippen LogP contribution is 2.20. The van der Waals surface area contributed by atoms with Crippen molar-refractivity contribution in [1.29, 1.82) is 0 Å². The van der Waals surface area contributed by atoms with Crippen LogP contribution >= 0.6 is 0 Å². The van der Waals surface area contributed by atoms with Crippen LogP contribution in [-0.2, 0) is 16.1 Å². The number of fused-ring (bicyclic) bond motifs is 1. The van der Waals surface area contributed by atoms with E-state index < -0.39 is 0 Å². The van der Waals surface area contributed by atoms with Gasteiger partial charge in [0.25, 0.3) is 0 Å². The van der Waals surface area contributed by atoms with Crippen LogP contribution in [0, 0.1) is 0 Å². The average molecular weight is 349 g/mol. The summed E-state index contributed by atoms with van der Waals surface area (Å²) >= 11 is 0. The largest absolute Gasteiger partial charge is 0.327 e. The van der Waals surface area contributed by atoms with Gasteiger partial charge in [-0.15, -0.1) is 0 Å². The van der Waals surface area contributed by atoms with E-state index in [1.54, 1.807) is 9.80 Å². The standard InChI is InChI=1S/C19H19N5O2/c1-14-11-23(15-7-3-2-4-8-15)18(25)12-22(14)19(26)13-24-20-16-9-5-6-10-17(16)21-24/h2-10,14H,11-13H2,1H3/t14-/m1/s1. The predicted molar refractivity (Wildman–Crippen MR) is 97.5 cm³/mol. The van der Waals surface area contributed by atoms with Crippen molar-refractivity contribution in [3.05, 3.63) is 54.6 Å². The Balaban J connectivity index is 1.48. The van der Waals surface area contributed by atoms with Crippen molar-refractivity contribution < 1.29 is 9.59 Å². The van der Waals surface area contributed by atoms with Gasteiger partial charge in [0.2, 0.25) is 11.8 Å². The van der Waals surface area contributed by atoms with Crippen LogP contribution in [0.2, 0.25) is 0 Å². The number of amides is 2. The van der Waals surface area contributed by atoms with E-state index in [1.165, 1.54) is 4.80 Å². The van der Waals surface area contributed by atoms with Gasteiger partial charge in [0.05, 0.1) is 0 Å². The number of carbonyl (C=O) groups is 2. The minimum absolute atomic E-state index is 0.0254. The lowest BCUT2D eigenvalue weighted by Crippen LogP contribution is -2.57. The van der Waals surface area contributed by atoms with Gasteiger partial charge in [-0.05, 0) is 31.2 Å². The first-order valence-corrected chi connectivity index (χ1v) is 8.56. The Morgan fingerprint density at radius 1 is 1.04 bits per heavy atom. The lowest BCUT2D eigenvalue weighted by atomic mass is 10.1. The predicted octanol–water partition coefficient (Wildman–Crippen LogP) is 1.70. The van der Waals surface area contributed by atoms with E-state index in [0.717, 1.165) is 16.7 Å². The molecule has 1 saturated heterocycles. The molecule has 132 valence electrons. The van der Waals surface area contributed by atoms with Gasteiger partial charge in [0.1, 0.15) is 24.1 Å². The van der Waals surface area contributed by atoms with E-state index >= 15 is 0 Å². The van der Waals surface area contributed by atoms with Crippen LogP contribution in [0.4, 0.5) is 5.69 Å². The Kier molecular flexibility index (Phi) is 4.12. The molecule has 1 aliphatic heterocycles. The Bertz CT molecular complexity index is 920. The lowest BCUT2D eigenvalue weighted by molar-refractivity contribution is -0.140. The summed E-state index contributed by atoms with van der Waals surface area (Å²) in [6.45, 7) is 2.52. The maximum atomic E-state index is 12.7. The zero-order chi connectivity index (χ0) is 18.1. The molecule has 0 N–H and O–H groups in total. The molecule has 2 amide bonds.